The number of hydrogen-bond donors (Lipinski definition) is 4. The van der Waals surface area contributed by atoms with Gasteiger partial charge in [0.25, 0.3) is 0 Å². The summed E-state index contributed by atoms with van der Waals surface area (Å²) in [5.74, 6) is 0. The normalized spacial score (nSPS) is 19.9. The first-order chi connectivity index (χ1) is 4.63. The standard InChI is InChI=1S/C4H9O5.Ti/c5-1-2(6)3(7)4(8)9;/h2-8H,1H2;/q-1;+1. The average Bonchev–Trinajstić information content (AvgIpc) is 2.00. The van der Waals surface area contributed by atoms with E-state index in [1.54, 1.807) is 0 Å². The van der Waals surface area contributed by atoms with E-state index in [-0.39, 0.29) is 0 Å². The van der Waals surface area contributed by atoms with E-state index in [1.807, 2.05) is 0 Å². The molecule has 0 aliphatic rings. The van der Waals surface area contributed by atoms with Gasteiger partial charge in [0.1, 0.15) is 0 Å². The van der Waals surface area contributed by atoms with Crippen LogP contribution in [0, 0.1) is 0 Å². The van der Waals surface area contributed by atoms with Gasteiger partial charge in [0.05, 0.1) is 0 Å². The van der Waals surface area contributed by atoms with E-state index >= 15 is 0 Å². The van der Waals surface area contributed by atoms with Gasteiger partial charge in [0.2, 0.25) is 0 Å². The number of aliphatic hydroxyl groups is 4. The predicted octanol–water partition coefficient (Wildman–Crippen LogP) is -2.50. The SMILES string of the molecule is OCC(O)C(O)C(O)[O][Ti]. The summed E-state index contributed by atoms with van der Waals surface area (Å²) in [7, 11) is 0. The molecule has 10 heavy (non-hydrogen) atoms. The zero-order valence-electron chi connectivity index (χ0n) is 5.14. The van der Waals surface area contributed by atoms with Crippen LogP contribution in [0.25, 0.3) is 0 Å². The molecule has 59 valence electrons. The third-order valence-electron chi connectivity index (χ3n) is 0.994. The van der Waals surface area contributed by atoms with Gasteiger partial charge in [0, 0.05) is 0 Å². The maximum absolute atomic E-state index is 8.80. The quantitative estimate of drug-likeness (QED) is 0.287. The number of rotatable bonds is 4. The molecule has 0 radical (unpaired) electrons. The molecule has 0 aromatic rings. The molecule has 3 atom stereocenters. The minimum absolute atomic E-state index is 0.610. The second-order valence-electron chi connectivity index (χ2n) is 1.75. The first kappa shape index (κ1) is 10.5. The molecular weight excluding hydrogens is 176 g/mol. The van der Waals surface area contributed by atoms with Crippen molar-refractivity contribution < 1.29 is 44.6 Å². The van der Waals surface area contributed by atoms with Crippen molar-refractivity contribution in [3.8, 4) is 0 Å². The molecule has 0 aromatic carbocycles. The van der Waals surface area contributed by atoms with Gasteiger partial charge in [-0.3, -0.25) is 0 Å². The molecule has 5 nitrogen and oxygen atoms in total. The zero-order valence-corrected chi connectivity index (χ0v) is 6.70. The molecule has 0 saturated heterocycles. The fourth-order valence-electron chi connectivity index (χ4n) is 0.368. The van der Waals surface area contributed by atoms with E-state index in [2.05, 4.69) is 3.32 Å². The maximum atomic E-state index is 8.80. The van der Waals surface area contributed by atoms with Crippen molar-refractivity contribution in [3.05, 3.63) is 0 Å². The summed E-state index contributed by atoms with van der Waals surface area (Å²) < 4.78 is 4.27. The van der Waals surface area contributed by atoms with E-state index in [4.69, 9.17) is 20.4 Å². The second-order valence-corrected chi connectivity index (χ2v) is 2.12. The molecule has 4 N–H and O–H groups in total. The Bertz CT molecular complexity index is 79.7. The summed E-state index contributed by atoms with van der Waals surface area (Å²) in [6.07, 6.45) is -4.29. The topological polar surface area (TPSA) is 90.2 Å². The Hall–Kier alpha value is 0.514. The van der Waals surface area contributed by atoms with Crippen LogP contribution in [0.2, 0.25) is 0 Å². The summed E-state index contributed by atoms with van der Waals surface area (Å²) in [4.78, 5) is 0. The summed E-state index contributed by atoms with van der Waals surface area (Å²) >= 11 is 1.18. The Morgan fingerprint density at radius 3 is 2.10 bits per heavy atom. The van der Waals surface area contributed by atoms with Crippen molar-refractivity contribution in [1.29, 1.82) is 0 Å². The Kier molecular flexibility index (Phi) is 5.47. The minimum atomic E-state index is -1.46. The van der Waals surface area contributed by atoms with Crippen LogP contribution in [0.5, 0.6) is 0 Å². The molecule has 0 fully saturated rings. The molecule has 0 spiro atoms. The third kappa shape index (κ3) is 3.07. The third-order valence-corrected chi connectivity index (χ3v) is 1.37. The van der Waals surface area contributed by atoms with Gasteiger partial charge < -0.3 is 0 Å². The van der Waals surface area contributed by atoms with Gasteiger partial charge in [-0.15, -0.1) is 0 Å². The van der Waals surface area contributed by atoms with Gasteiger partial charge in [-0.2, -0.15) is 0 Å². The first-order valence-electron chi connectivity index (χ1n) is 2.61. The van der Waals surface area contributed by atoms with Crippen molar-refractivity contribution in [2.75, 3.05) is 6.61 Å². The zero-order chi connectivity index (χ0) is 8.15. The van der Waals surface area contributed by atoms with E-state index < -0.39 is 25.1 Å². The fraction of sp³-hybridized carbons (Fsp3) is 1.00. The average molecular weight is 185 g/mol. The summed E-state index contributed by atoms with van der Waals surface area (Å²) in [5, 5.41) is 34.4. The van der Waals surface area contributed by atoms with Crippen LogP contribution >= 0.6 is 0 Å². The van der Waals surface area contributed by atoms with Crippen LogP contribution in [-0.4, -0.2) is 45.5 Å². The molecule has 0 heterocycles. The molecule has 0 aliphatic heterocycles. The first-order valence-corrected chi connectivity index (χ1v) is 3.24. The molecule has 3 unspecified atom stereocenters. The Labute approximate surface area is 70.1 Å². The summed E-state index contributed by atoms with van der Waals surface area (Å²) in [6.45, 7) is -0.610. The fourth-order valence-corrected chi connectivity index (χ4v) is 0.585. The van der Waals surface area contributed by atoms with Crippen molar-refractivity contribution in [3.63, 3.8) is 0 Å². The molecule has 0 saturated carbocycles. The van der Waals surface area contributed by atoms with E-state index in [9.17, 15) is 0 Å². The molecule has 0 rings (SSSR count). The van der Waals surface area contributed by atoms with Gasteiger partial charge in [-0.25, -0.2) is 0 Å². The van der Waals surface area contributed by atoms with Gasteiger partial charge in [-0.05, 0) is 0 Å². The van der Waals surface area contributed by atoms with Crippen LogP contribution in [0.3, 0.4) is 0 Å². The van der Waals surface area contributed by atoms with Crippen LogP contribution in [0.15, 0.2) is 0 Å². The Morgan fingerprint density at radius 1 is 1.30 bits per heavy atom. The molecule has 6 heteroatoms. The van der Waals surface area contributed by atoms with Crippen molar-refractivity contribution in [2.24, 2.45) is 0 Å². The number of hydrogen-bond acceptors (Lipinski definition) is 5. The van der Waals surface area contributed by atoms with E-state index in [1.165, 1.54) is 20.8 Å². The van der Waals surface area contributed by atoms with E-state index in [0.717, 1.165) is 0 Å². The van der Waals surface area contributed by atoms with Crippen molar-refractivity contribution in [2.45, 2.75) is 18.5 Å². The number of aliphatic hydroxyl groups excluding tert-OH is 4. The predicted molar refractivity (Wildman–Crippen MR) is 26.2 cm³/mol. The van der Waals surface area contributed by atoms with Gasteiger partial charge >= 0.3 is 69.7 Å². The van der Waals surface area contributed by atoms with Crippen LogP contribution in [0.4, 0.5) is 0 Å². The van der Waals surface area contributed by atoms with E-state index in [0.29, 0.717) is 0 Å². The van der Waals surface area contributed by atoms with Crippen LogP contribution < -0.4 is 0 Å². The van der Waals surface area contributed by atoms with Gasteiger partial charge in [-0.1, -0.05) is 0 Å². The summed E-state index contributed by atoms with van der Waals surface area (Å²) in [5.41, 5.74) is 0. The van der Waals surface area contributed by atoms with Crippen LogP contribution in [0.1, 0.15) is 0 Å². The van der Waals surface area contributed by atoms with Crippen LogP contribution in [-0.2, 0) is 24.1 Å². The molecule has 0 amide bonds. The summed E-state index contributed by atoms with van der Waals surface area (Å²) in [6, 6.07) is 0. The second kappa shape index (κ2) is 5.20. The monoisotopic (exact) mass is 185 g/mol. The molecule has 0 aromatic heterocycles. The molecular formula is C4H9O5Ti. The molecule has 0 bridgehead atoms. The Morgan fingerprint density at radius 2 is 1.80 bits per heavy atom. The van der Waals surface area contributed by atoms with Gasteiger partial charge in [0.15, 0.2) is 0 Å². The Balaban J connectivity index is 3.69. The van der Waals surface area contributed by atoms with Crippen molar-refractivity contribution >= 4 is 0 Å². The van der Waals surface area contributed by atoms with Crippen molar-refractivity contribution in [1.82, 2.24) is 0 Å². The molecule has 0 aliphatic carbocycles.